The van der Waals surface area contributed by atoms with Crippen LogP contribution < -0.4 is 5.32 Å². The molecule has 6 heteroatoms. The van der Waals surface area contributed by atoms with Gasteiger partial charge < -0.3 is 5.32 Å². The summed E-state index contributed by atoms with van der Waals surface area (Å²) >= 11 is 1.54. The Balaban J connectivity index is 1.88. The average molecular weight is 279 g/mol. The SMILES string of the molecule is N#Cc1ccnc(Nc2cccc(-c3cncs3)n2)c1. The van der Waals surface area contributed by atoms with Gasteiger partial charge in [-0.15, -0.1) is 11.3 Å². The second-order valence-corrected chi connectivity index (χ2v) is 4.83. The number of anilines is 2. The van der Waals surface area contributed by atoms with E-state index in [-0.39, 0.29) is 0 Å². The predicted octanol–water partition coefficient (Wildman–Crippen LogP) is 3.22. The van der Waals surface area contributed by atoms with E-state index in [1.54, 1.807) is 30.0 Å². The van der Waals surface area contributed by atoms with Crippen molar-refractivity contribution in [3.8, 4) is 16.6 Å². The lowest BCUT2D eigenvalue weighted by Gasteiger charge is -2.06. The lowest BCUT2D eigenvalue weighted by Crippen LogP contribution is -1.96. The van der Waals surface area contributed by atoms with Gasteiger partial charge in [-0.2, -0.15) is 5.26 Å². The first-order chi connectivity index (χ1) is 9.85. The zero-order valence-electron chi connectivity index (χ0n) is 10.3. The third-order valence-electron chi connectivity index (χ3n) is 2.58. The Morgan fingerprint density at radius 3 is 2.95 bits per heavy atom. The van der Waals surface area contributed by atoms with Crippen LogP contribution in [0.25, 0.3) is 10.6 Å². The van der Waals surface area contributed by atoms with E-state index in [1.165, 1.54) is 11.3 Å². The van der Waals surface area contributed by atoms with Gasteiger partial charge in [0.2, 0.25) is 0 Å². The molecule has 96 valence electrons. The average Bonchev–Trinajstić information content (AvgIpc) is 3.02. The number of hydrogen-bond acceptors (Lipinski definition) is 6. The van der Waals surface area contributed by atoms with Crippen LogP contribution in [0.2, 0.25) is 0 Å². The highest BCUT2D eigenvalue weighted by atomic mass is 32.1. The molecule has 0 saturated carbocycles. The Kier molecular flexibility index (Phi) is 3.35. The minimum absolute atomic E-state index is 0.557. The van der Waals surface area contributed by atoms with Gasteiger partial charge in [0.25, 0.3) is 0 Å². The molecular formula is C14H9N5S. The maximum Gasteiger partial charge on any atom is 0.132 e. The van der Waals surface area contributed by atoms with E-state index >= 15 is 0 Å². The Bertz CT molecular complexity index is 761. The molecule has 0 fully saturated rings. The van der Waals surface area contributed by atoms with Crippen molar-refractivity contribution in [2.24, 2.45) is 0 Å². The lowest BCUT2D eigenvalue weighted by atomic mass is 10.3. The van der Waals surface area contributed by atoms with Crippen molar-refractivity contribution in [3.63, 3.8) is 0 Å². The highest BCUT2D eigenvalue weighted by Gasteiger charge is 2.03. The van der Waals surface area contributed by atoms with E-state index in [0.29, 0.717) is 17.2 Å². The molecule has 0 amide bonds. The Labute approximate surface area is 119 Å². The third-order valence-corrected chi connectivity index (χ3v) is 3.37. The largest absolute Gasteiger partial charge is 0.325 e. The number of pyridine rings is 2. The van der Waals surface area contributed by atoms with Crippen LogP contribution in [0.4, 0.5) is 11.6 Å². The van der Waals surface area contributed by atoms with E-state index in [4.69, 9.17) is 5.26 Å². The molecule has 0 bridgehead atoms. The van der Waals surface area contributed by atoms with E-state index in [1.807, 2.05) is 18.2 Å². The Morgan fingerprint density at radius 2 is 2.15 bits per heavy atom. The number of nitrogens with zero attached hydrogens (tertiary/aromatic N) is 4. The van der Waals surface area contributed by atoms with Gasteiger partial charge in [-0.05, 0) is 24.3 Å². The predicted molar refractivity (Wildman–Crippen MR) is 77.6 cm³/mol. The van der Waals surface area contributed by atoms with Crippen LogP contribution in [0.15, 0.2) is 48.2 Å². The lowest BCUT2D eigenvalue weighted by molar-refractivity contribution is 1.25. The molecule has 0 spiro atoms. The smallest absolute Gasteiger partial charge is 0.132 e. The molecular weight excluding hydrogens is 270 g/mol. The summed E-state index contributed by atoms with van der Waals surface area (Å²) in [6, 6.07) is 11.1. The molecule has 3 aromatic rings. The van der Waals surface area contributed by atoms with Gasteiger partial charge in [0, 0.05) is 12.4 Å². The molecule has 0 aliphatic rings. The maximum absolute atomic E-state index is 8.87. The first kappa shape index (κ1) is 12.3. The van der Waals surface area contributed by atoms with Gasteiger partial charge in [-0.3, -0.25) is 4.98 Å². The van der Waals surface area contributed by atoms with Gasteiger partial charge in [0.05, 0.1) is 27.7 Å². The fraction of sp³-hybridized carbons (Fsp3) is 0. The van der Waals surface area contributed by atoms with Crippen LogP contribution >= 0.6 is 11.3 Å². The second-order valence-electron chi connectivity index (χ2n) is 3.94. The van der Waals surface area contributed by atoms with Crippen molar-refractivity contribution in [1.29, 1.82) is 5.26 Å². The van der Waals surface area contributed by atoms with E-state index in [0.717, 1.165) is 10.6 Å². The first-order valence-corrected chi connectivity index (χ1v) is 6.72. The second kappa shape index (κ2) is 5.47. The number of nitrogens with one attached hydrogen (secondary N) is 1. The summed E-state index contributed by atoms with van der Waals surface area (Å²) in [5.41, 5.74) is 3.18. The summed E-state index contributed by atoms with van der Waals surface area (Å²) in [5, 5.41) is 12.0. The Hall–Kier alpha value is -2.78. The minimum atomic E-state index is 0.557. The molecule has 3 heterocycles. The molecule has 0 aliphatic carbocycles. The fourth-order valence-corrected chi connectivity index (χ4v) is 2.27. The Morgan fingerprint density at radius 1 is 1.20 bits per heavy atom. The molecule has 0 aromatic carbocycles. The van der Waals surface area contributed by atoms with E-state index < -0.39 is 0 Å². The summed E-state index contributed by atoms with van der Waals surface area (Å²) < 4.78 is 0. The van der Waals surface area contributed by atoms with Crippen molar-refractivity contribution in [1.82, 2.24) is 15.0 Å². The third kappa shape index (κ3) is 2.63. The number of hydrogen-bond donors (Lipinski definition) is 1. The van der Waals surface area contributed by atoms with Crippen LogP contribution in [0.3, 0.4) is 0 Å². The highest BCUT2D eigenvalue weighted by Crippen LogP contribution is 2.23. The minimum Gasteiger partial charge on any atom is -0.325 e. The standard InChI is InChI=1S/C14H9N5S/c15-7-10-4-5-17-14(6-10)19-13-3-1-2-11(18-13)12-8-16-9-20-12/h1-6,8-9H,(H,17,18,19). The summed E-state index contributed by atoms with van der Waals surface area (Å²) in [6.45, 7) is 0. The number of aromatic nitrogens is 3. The highest BCUT2D eigenvalue weighted by molar-refractivity contribution is 7.13. The van der Waals surface area contributed by atoms with Crippen LogP contribution in [-0.2, 0) is 0 Å². The summed E-state index contributed by atoms with van der Waals surface area (Å²) in [7, 11) is 0. The summed E-state index contributed by atoms with van der Waals surface area (Å²) in [5.74, 6) is 1.27. The molecule has 0 radical (unpaired) electrons. The zero-order chi connectivity index (χ0) is 13.8. The van der Waals surface area contributed by atoms with Gasteiger partial charge in [0.1, 0.15) is 11.6 Å². The molecule has 1 N–H and O–H groups in total. The van der Waals surface area contributed by atoms with Crippen LogP contribution in [0.1, 0.15) is 5.56 Å². The molecule has 0 atom stereocenters. The molecule has 0 saturated heterocycles. The van der Waals surface area contributed by atoms with Crippen molar-refractivity contribution >= 4 is 23.0 Å². The van der Waals surface area contributed by atoms with Gasteiger partial charge >= 0.3 is 0 Å². The molecule has 0 aliphatic heterocycles. The van der Waals surface area contributed by atoms with Crippen LogP contribution in [-0.4, -0.2) is 15.0 Å². The van der Waals surface area contributed by atoms with E-state index in [2.05, 4.69) is 26.3 Å². The van der Waals surface area contributed by atoms with Crippen LogP contribution in [0, 0.1) is 11.3 Å². The molecule has 3 aromatic heterocycles. The molecule has 3 rings (SSSR count). The first-order valence-electron chi connectivity index (χ1n) is 5.84. The number of thiazole rings is 1. The van der Waals surface area contributed by atoms with Crippen molar-refractivity contribution in [2.45, 2.75) is 0 Å². The maximum atomic E-state index is 8.87. The van der Waals surface area contributed by atoms with Crippen molar-refractivity contribution in [2.75, 3.05) is 5.32 Å². The summed E-state index contributed by atoms with van der Waals surface area (Å²) in [4.78, 5) is 13.7. The fourth-order valence-electron chi connectivity index (χ4n) is 1.68. The normalized spacial score (nSPS) is 9.95. The topological polar surface area (TPSA) is 74.5 Å². The van der Waals surface area contributed by atoms with Crippen molar-refractivity contribution < 1.29 is 0 Å². The van der Waals surface area contributed by atoms with Gasteiger partial charge in [-0.1, -0.05) is 6.07 Å². The monoisotopic (exact) mass is 279 g/mol. The summed E-state index contributed by atoms with van der Waals surface area (Å²) in [6.07, 6.45) is 3.37. The molecule has 0 unspecified atom stereocenters. The van der Waals surface area contributed by atoms with E-state index in [9.17, 15) is 0 Å². The number of rotatable bonds is 3. The van der Waals surface area contributed by atoms with Crippen molar-refractivity contribution in [3.05, 3.63) is 53.8 Å². The van der Waals surface area contributed by atoms with Crippen LogP contribution in [0.5, 0.6) is 0 Å². The quantitative estimate of drug-likeness (QED) is 0.796. The van der Waals surface area contributed by atoms with Gasteiger partial charge in [0.15, 0.2) is 0 Å². The molecule has 20 heavy (non-hydrogen) atoms. The van der Waals surface area contributed by atoms with Gasteiger partial charge in [-0.25, -0.2) is 9.97 Å². The molecule has 5 nitrogen and oxygen atoms in total. The number of nitriles is 1. The zero-order valence-corrected chi connectivity index (χ0v) is 11.1.